The van der Waals surface area contributed by atoms with E-state index in [4.69, 9.17) is 5.73 Å². The molecule has 0 aromatic heterocycles. The molecule has 18 heavy (non-hydrogen) atoms. The number of benzene rings is 1. The molecule has 2 rings (SSSR count). The van der Waals surface area contributed by atoms with Crippen molar-refractivity contribution >= 4 is 0 Å². The van der Waals surface area contributed by atoms with Crippen molar-refractivity contribution in [3.63, 3.8) is 0 Å². The Hall–Kier alpha value is -0.930. The van der Waals surface area contributed by atoms with Crippen molar-refractivity contribution < 1.29 is 9.50 Å². The summed E-state index contributed by atoms with van der Waals surface area (Å²) in [4.78, 5) is 0. The van der Waals surface area contributed by atoms with E-state index in [-0.39, 0.29) is 11.7 Å². The van der Waals surface area contributed by atoms with Crippen LogP contribution in [0.3, 0.4) is 0 Å². The van der Waals surface area contributed by atoms with Crippen molar-refractivity contribution in [2.24, 2.45) is 11.7 Å². The molecule has 0 aliphatic heterocycles. The average molecular weight is 251 g/mol. The van der Waals surface area contributed by atoms with Crippen LogP contribution in [0, 0.1) is 18.7 Å². The molecule has 0 bridgehead atoms. The molecule has 0 heterocycles. The molecule has 1 aromatic rings. The average Bonchev–Trinajstić information content (AvgIpc) is 2.41. The van der Waals surface area contributed by atoms with E-state index in [0.29, 0.717) is 0 Å². The molecular weight excluding hydrogens is 229 g/mol. The molecule has 1 saturated carbocycles. The fraction of sp³-hybridized carbons (Fsp3) is 0.600. The first kappa shape index (κ1) is 13.5. The lowest BCUT2D eigenvalue weighted by Crippen LogP contribution is -2.34. The molecule has 0 radical (unpaired) electrons. The van der Waals surface area contributed by atoms with Crippen molar-refractivity contribution in [3.8, 4) is 0 Å². The summed E-state index contributed by atoms with van der Waals surface area (Å²) in [5, 5.41) is 10.4. The Labute approximate surface area is 108 Å². The minimum Gasteiger partial charge on any atom is -0.391 e. The van der Waals surface area contributed by atoms with Gasteiger partial charge in [0.1, 0.15) is 5.82 Å². The second-order valence-corrected chi connectivity index (χ2v) is 5.42. The Morgan fingerprint density at radius 2 is 1.94 bits per heavy atom. The third-order valence-electron chi connectivity index (χ3n) is 4.10. The van der Waals surface area contributed by atoms with E-state index < -0.39 is 12.1 Å². The van der Waals surface area contributed by atoms with Gasteiger partial charge < -0.3 is 10.8 Å². The second-order valence-electron chi connectivity index (χ2n) is 5.42. The van der Waals surface area contributed by atoms with E-state index in [2.05, 4.69) is 0 Å². The van der Waals surface area contributed by atoms with Crippen LogP contribution in [0.25, 0.3) is 0 Å². The van der Waals surface area contributed by atoms with Crippen LogP contribution in [-0.4, -0.2) is 11.2 Å². The van der Waals surface area contributed by atoms with E-state index >= 15 is 0 Å². The van der Waals surface area contributed by atoms with Gasteiger partial charge in [-0.05, 0) is 48.9 Å². The topological polar surface area (TPSA) is 46.2 Å². The quantitative estimate of drug-likeness (QED) is 0.867. The normalized spacial score (nSPS) is 20.7. The third kappa shape index (κ3) is 2.90. The molecular formula is C15H22FNO. The zero-order valence-electron chi connectivity index (χ0n) is 10.9. The second kappa shape index (κ2) is 5.81. The zero-order chi connectivity index (χ0) is 13.1. The molecule has 0 saturated heterocycles. The van der Waals surface area contributed by atoms with Crippen LogP contribution in [0.1, 0.15) is 49.3 Å². The molecule has 2 nitrogen and oxygen atoms in total. The first-order chi connectivity index (χ1) is 8.59. The van der Waals surface area contributed by atoms with E-state index in [1.807, 2.05) is 6.92 Å². The lowest BCUT2D eigenvalue weighted by Gasteiger charge is -2.31. The fourth-order valence-electron chi connectivity index (χ4n) is 2.92. The maximum absolute atomic E-state index is 13.3. The van der Waals surface area contributed by atoms with Crippen LogP contribution in [0.2, 0.25) is 0 Å². The Morgan fingerprint density at radius 1 is 1.28 bits per heavy atom. The van der Waals surface area contributed by atoms with Gasteiger partial charge in [-0.2, -0.15) is 0 Å². The maximum atomic E-state index is 13.3. The Kier molecular flexibility index (Phi) is 4.36. The predicted octanol–water partition coefficient (Wildman–Crippen LogP) is 3.08. The largest absolute Gasteiger partial charge is 0.391 e. The Balaban J connectivity index is 2.13. The monoisotopic (exact) mass is 251 g/mol. The van der Waals surface area contributed by atoms with Gasteiger partial charge in [-0.25, -0.2) is 4.39 Å². The summed E-state index contributed by atoms with van der Waals surface area (Å²) in [7, 11) is 0. The van der Waals surface area contributed by atoms with Crippen LogP contribution >= 0.6 is 0 Å². The van der Waals surface area contributed by atoms with Crippen LogP contribution in [0.15, 0.2) is 18.2 Å². The first-order valence-electron chi connectivity index (χ1n) is 6.79. The zero-order valence-corrected chi connectivity index (χ0v) is 10.9. The summed E-state index contributed by atoms with van der Waals surface area (Å²) in [5.41, 5.74) is 7.80. The fourth-order valence-corrected chi connectivity index (χ4v) is 2.92. The van der Waals surface area contributed by atoms with Gasteiger partial charge in [0.05, 0.1) is 12.1 Å². The highest BCUT2D eigenvalue weighted by molar-refractivity contribution is 5.30. The van der Waals surface area contributed by atoms with Gasteiger partial charge in [0, 0.05) is 0 Å². The minimum absolute atomic E-state index is 0.261. The SMILES string of the molecule is Cc1ccc(F)cc1[C@@H](N)[C@@H](O)C1CCCCC1. The standard InChI is InChI=1S/C15H22FNO/c1-10-7-8-12(16)9-13(10)14(17)15(18)11-5-3-2-4-6-11/h7-9,11,14-15,18H,2-6,17H2,1H3/t14-,15+/m1/s1. The number of hydrogen-bond acceptors (Lipinski definition) is 2. The number of nitrogens with two attached hydrogens (primary N) is 1. The Bertz CT molecular complexity index is 401. The highest BCUT2D eigenvalue weighted by Gasteiger charge is 2.28. The number of aryl methyl sites for hydroxylation is 1. The molecule has 2 atom stereocenters. The predicted molar refractivity (Wildman–Crippen MR) is 70.6 cm³/mol. The van der Waals surface area contributed by atoms with Crippen molar-refractivity contribution in [1.82, 2.24) is 0 Å². The smallest absolute Gasteiger partial charge is 0.123 e. The molecule has 100 valence electrons. The molecule has 0 spiro atoms. The molecule has 1 fully saturated rings. The van der Waals surface area contributed by atoms with Gasteiger partial charge in [0.2, 0.25) is 0 Å². The van der Waals surface area contributed by atoms with Crippen molar-refractivity contribution in [1.29, 1.82) is 0 Å². The highest BCUT2D eigenvalue weighted by Crippen LogP contribution is 2.32. The van der Waals surface area contributed by atoms with Crippen LogP contribution < -0.4 is 5.73 Å². The first-order valence-corrected chi connectivity index (χ1v) is 6.79. The number of aliphatic hydroxyl groups excluding tert-OH is 1. The summed E-state index contributed by atoms with van der Waals surface area (Å²) in [6.07, 6.45) is 5.07. The van der Waals surface area contributed by atoms with E-state index in [1.54, 1.807) is 6.07 Å². The molecule has 1 aromatic carbocycles. The maximum Gasteiger partial charge on any atom is 0.123 e. The number of hydrogen-bond donors (Lipinski definition) is 2. The number of halogens is 1. The van der Waals surface area contributed by atoms with E-state index in [1.165, 1.54) is 18.6 Å². The lowest BCUT2D eigenvalue weighted by atomic mass is 9.81. The van der Waals surface area contributed by atoms with Gasteiger partial charge >= 0.3 is 0 Å². The molecule has 1 aliphatic carbocycles. The summed E-state index contributed by atoms with van der Waals surface area (Å²) in [6.45, 7) is 1.90. The van der Waals surface area contributed by atoms with Crippen LogP contribution in [-0.2, 0) is 0 Å². The number of rotatable bonds is 3. The van der Waals surface area contributed by atoms with E-state index in [9.17, 15) is 9.50 Å². The van der Waals surface area contributed by atoms with Crippen LogP contribution in [0.5, 0.6) is 0 Å². The van der Waals surface area contributed by atoms with Crippen molar-refractivity contribution in [3.05, 3.63) is 35.1 Å². The molecule has 3 heteroatoms. The molecule has 1 aliphatic rings. The summed E-state index contributed by atoms with van der Waals surface area (Å²) < 4.78 is 13.3. The van der Waals surface area contributed by atoms with Gasteiger partial charge in [-0.15, -0.1) is 0 Å². The van der Waals surface area contributed by atoms with Gasteiger partial charge in [0.25, 0.3) is 0 Å². The molecule has 3 N–H and O–H groups in total. The highest BCUT2D eigenvalue weighted by atomic mass is 19.1. The Morgan fingerprint density at radius 3 is 2.61 bits per heavy atom. The van der Waals surface area contributed by atoms with Gasteiger partial charge in [0.15, 0.2) is 0 Å². The van der Waals surface area contributed by atoms with Gasteiger partial charge in [-0.3, -0.25) is 0 Å². The minimum atomic E-state index is -0.564. The van der Waals surface area contributed by atoms with Crippen molar-refractivity contribution in [2.45, 2.75) is 51.2 Å². The van der Waals surface area contributed by atoms with E-state index in [0.717, 1.165) is 36.8 Å². The third-order valence-corrected chi connectivity index (χ3v) is 4.10. The van der Waals surface area contributed by atoms with Crippen molar-refractivity contribution in [2.75, 3.05) is 0 Å². The molecule has 0 unspecified atom stereocenters. The van der Waals surface area contributed by atoms with Gasteiger partial charge in [-0.1, -0.05) is 25.3 Å². The summed E-state index contributed by atoms with van der Waals surface area (Å²) in [5.74, 6) is -0.0293. The summed E-state index contributed by atoms with van der Waals surface area (Å²) in [6, 6.07) is 4.12. The number of aliphatic hydroxyl groups is 1. The molecule has 0 amide bonds. The summed E-state index contributed by atoms with van der Waals surface area (Å²) >= 11 is 0. The lowest BCUT2D eigenvalue weighted by molar-refractivity contribution is 0.0615. The van der Waals surface area contributed by atoms with Crippen LogP contribution in [0.4, 0.5) is 4.39 Å².